The lowest BCUT2D eigenvalue weighted by Gasteiger charge is -2.27. The molecule has 12 rings (SSSR count). The third kappa shape index (κ3) is 6.98. The van der Waals surface area contributed by atoms with Crippen LogP contribution in [0.2, 0.25) is 0 Å². The van der Waals surface area contributed by atoms with Crippen LogP contribution in [-0.4, -0.2) is 9.13 Å². The number of nitrogens with zero attached hydrogens (tertiary/aromatic N) is 4. The Bertz CT molecular complexity index is 3910. The summed E-state index contributed by atoms with van der Waals surface area (Å²) in [7, 11) is 0. The second-order valence-electron chi connectivity index (χ2n) is 17.6. The van der Waals surface area contributed by atoms with E-state index in [9.17, 15) is 0 Å². The first kappa shape index (κ1) is 42.5. The molecule has 0 saturated carbocycles. The summed E-state index contributed by atoms with van der Waals surface area (Å²) in [6.07, 6.45) is 0. The maximum atomic E-state index is 17.0. The van der Waals surface area contributed by atoms with E-state index in [0.717, 1.165) is 71.9 Å². The fourth-order valence-corrected chi connectivity index (χ4v) is 10.00. The van der Waals surface area contributed by atoms with Crippen LogP contribution in [0.3, 0.4) is 0 Å². The van der Waals surface area contributed by atoms with Gasteiger partial charge in [0, 0.05) is 61.4 Å². The van der Waals surface area contributed by atoms with E-state index >= 15 is 17.6 Å². The fourth-order valence-electron chi connectivity index (χ4n) is 10.00. The van der Waals surface area contributed by atoms with Crippen molar-refractivity contribution < 1.29 is 17.6 Å². The van der Waals surface area contributed by atoms with Crippen LogP contribution in [0.4, 0.5) is 51.7 Å². The van der Waals surface area contributed by atoms with Crippen molar-refractivity contribution in [3.63, 3.8) is 0 Å². The highest BCUT2D eigenvalue weighted by Crippen LogP contribution is 2.46. The normalized spacial score (nSPS) is 11.6. The van der Waals surface area contributed by atoms with Crippen LogP contribution >= 0.6 is 0 Å². The molecule has 0 aliphatic carbocycles. The van der Waals surface area contributed by atoms with Crippen LogP contribution in [0.15, 0.2) is 218 Å². The molecule has 12 aromatic rings. The maximum Gasteiger partial charge on any atom is 0.186 e. The molecule has 0 N–H and O–H groups in total. The number of benzene rings is 10. The Morgan fingerprint density at radius 3 is 1.16 bits per heavy atom. The van der Waals surface area contributed by atoms with E-state index in [0.29, 0.717) is 17.1 Å². The molecular weight excluding hydrogens is 877 g/mol. The first-order valence-electron chi connectivity index (χ1n) is 23.1. The van der Waals surface area contributed by atoms with Crippen molar-refractivity contribution in [2.24, 2.45) is 0 Å². The van der Waals surface area contributed by atoms with Crippen molar-refractivity contribution in [1.82, 2.24) is 9.13 Å². The summed E-state index contributed by atoms with van der Waals surface area (Å²) in [5.74, 6) is -6.05. The minimum absolute atomic E-state index is 0.0238. The molecule has 0 aliphatic heterocycles. The quantitative estimate of drug-likeness (QED) is 0.106. The van der Waals surface area contributed by atoms with Crippen molar-refractivity contribution in [1.29, 1.82) is 0 Å². The topological polar surface area (TPSA) is 16.3 Å². The van der Waals surface area contributed by atoms with E-state index in [1.54, 1.807) is 48.5 Å². The Labute approximate surface area is 401 Å². The molecule has 70 heavy (non-hydrogen) atoms. The van der Waals surface area contributed by atoms with Crippen molar-refractivity contribution in [3.8, 4) is 22.5 Å². The Kier molecular flexibility index (Phi) is 10.3. The first-order valence-corrected chi connectivity index (χ1v) is 23.1. The monoisotopic (exact) mass is 918 g/mol. The van der Waals surface area contributed by atoms with E-state index in [1.807, 2.05) is 121 Å². The van der Waals surface area contributed by atoms with Gasteiger partial charge in [-0.3, -0.25) is 0 Å². The molecule has 0 atom stereocenters. The van der Waals surface area contributed by atoms with Crippen LogP contribution < -0.4 is 9.80 Å². The van der Waals surface area contributed by atoms with E-state index in [2.05, 4.69) is 64.6 Å². The zero-order valence-corrected chi connectivity index (χ0v) is 38.1. The van der Waals surface area contributed by atoms with Gasteiger partial charge >= 0.3 is 0 Å². The molecule has 0 fully saturated rings. The lowest BCUT2D eigenvalue weighted by Crippen LogP contribution is -2.16. The lowest BCUT2D eigenvalue weighted by molar-refractivity contribution is 0.461. The van der Waals surface area contributed by atoms with Gasteiger partial charge in [-0.2, -0.15) is 0 Å². The van der Waals surface area contributed by atoms with Crippen LogP contribution in [0.25, 0.3) is 66.1 Å². The molecule has 10 aromatic carbocycles. The third-order valence-corrected chi connectivity index (χ3v) is 13.3. The third-order valence-electron chi connectivity index (χ3n) is 13.3. The number of aromatic nitrogens is 2. The molecule has 0 amide bonds. The minimum atomic E-state index is -1.52. The predicted molar refractivity (Wildman–Crippen MR) is 279 cm³/mol. The summed E-state index contributed by atoms with van der Waals surface area (Å²) >= 11 is 0. The highest BCUT2D eigenvalue weighted by Gasteiger charge is 2.32. The summed E-state index contributed by atoms with van der Waals surface area (Å²) in [6.45, 7) is 4.10. The zero-order chi connectivity index (χ0) is 47.6. The molecule has 338 valence electrons. The van der Waals surface area contributed by atoms with E-state index in [-0.39, 0.29) is 5.56 Å². The van der Waals surface area contributed by atoms with E-state index in [1.165, 1.54) is 22.6 Å². The number of hydrogen-bond acceptors (Lipinski definition) is 2. The molecule has 2 aromatic heterocycles. The lowest BCUT2D eigenvalue weighted by atomic mass is 10.0. The molecule has 2 heterocycles. The molecular formula is C62H42F4N4. The van der Waals surface area contributed by atoms with Gasteiger partial charge in [-0.15, -0.1) is 0 Å². The Morgan fingerprint density at radius 1 is 0.314 bits per heavy atom. The summed E-state index contributed by atoms with van der Waals surface area (Å²) in [5, 5.41) is 3.83. The molecule has 0 saturated heterocycles. The largest absolute Gasteiger partial charge is 0.310 e. The van der Waals surface area contributed by atoms with E-state index in [4.69, 9.17) is 0 Å². The van der Waals surface area contributed by atoms with Crippen molar-refractivity contribution >= 4 is 77.7 Å². The number of rotatable bonds is 9. The molecule has 0 radical (unpaired) electrons. The van der Waals surface area contributed by atoms with Gasteiger partial charge in [-0.05, 0) is 129 Å². The van der Waals surface area contributed by atoms with Crippen LogP contribution in [0, 0.1) is 37.1 Å². The molecule has 0 bridgehead atoms. The first-order chi connectivity index (χ1) is 34.2. The van der Waals surface area contributed by atoms with Gasteiger partial charge in [-0.25, -0.2) is 17.6 Å². The van der Waals surface area contributed by atoms with Gasteiger partial charge < -0.3 is 18.9 Å². The van der Waals surface area contributed by atoms with Crippen LogP contribution in [-0.2, 0) is 0 Å². The second kappa shape index (κ2) is 17.0. The Morgan fingerprint density at radius 2 is 0.686 bits per heavy atom. The van der Waals surface area contributed by atoms with Gasteiger partial charge in [0.1, 0.15) is 5.69 Å². The van der Waals surface area contributed by atoms with Gasteiger partial charge in [0.2, 0.25) is 0 Å². The molecule has 4 nitrogen and oxygen atoms in total. The highest BCUT2D eigenvalue weighted by atomic mass is 19.2. The predicted octanol–water partition coefficient (Wildman–Crippen LogP) is 17.7. The maximum absolute atomic E-state index is 17.0. The van der Waals surface area contributed by atoms with Gasteiger partial charge in [0.15, 0.2) is 23.3 Å². The summed E-state index contributed by atoms with van der Waals surface area (Å²) < 4.78 is 72.1. The summed E-state index contributed by atoms with van der Waals surface area (Å²) in [5.41, 5.74) is 9.49. The molecule has 0 unspecified atom stereocenters. The number of halogens is 4. The van der Waals surface area contributed by atoms with Crippen molar-refractivity contribution in [2.45, 2.75) is 13.8 Å². The molecule has 0 spiro atoms. The smallest absolute Gasteiger partial charge is 0.186 e. The van der Waals surface area contributed by atoms with Crippen LogP contribution in [0.5, 0.6) is 0 Å². The Hall–Kier alpha value is -8.88. The SMILES string of the molecule is Cc1ccc(-n2c3ccccc3c3cc(N(c4ccccc4)c4ccc(-c5c(F)c(F)c(N(c6ccccc6)c6ccc7c(c6)c6ccccc6n7-c6ccc(C)cc6)c(F)c5F)cc4)ccc32)cc1. The fraction of sp³-hybridized carbons (Fsp3) is 0.0323. The number of anilines is 6. The van der Waals surface area contributed by atoms with Crippen molar-refractivity contribution in [2.75, 3.05) is 9.80 Å². The summed E-state index contributed by atoms with van der Waals surface area (Å²) in [6, 6.07) is 69.2. The molecule has 8 heteroatoms. The number of hydrogen-bond donors (Lipinski definition) is 0. The standard InChI is InChI=1S/C62H42F4N4/c1-39-21-27-45(28-22-39)69-53-19-11-9-17-49(53)51-37-47(33-35-55(51)69)67(42-13-5-3-6-14-42)44-31-25-41(26-32-44)57-58(63)60(65)62(61(66)59(57)64)68(43-15-7-4-8-16-43)48-34-36-56-52(38-48)50-18-10-12-20-54(50)70(56)46-29-23-40(2)24-30-46/h3-38H,1-2H3. The zero-order valence-electron chi connectivity index (χ0n) is 38.1. The number of aryl methyl sites for hydroxylation is 2. The highest BCUT2D eigenvalue weighted by molar-refractivity contribution is 6.12. The minimum Gasteiger partial charge on any atom is -0.310 e. The summed E-state index contributed by atoms with van der Waals surface area (Å²) in [4.78, 5) is 3.29. The number of fused-ring (bicyclic) bond motifs is 6. The Balaban J connectivity index is 0.957. The van der Waals surface area contributed by atoms with Crippen LogP contribution in [0.1, 0.15) is 11.1 Å². The van der Waals surface area contributed by atoms with Gasteiger partial charge in [-0.1, -0.05) is 120 Å². The molecule has 0 aliphatic rings. The number of para-hydroxylation sites is 4. The van der Waals surface area contributed by atoms with Crippen molar-refractivity contribution in [3.05, 3.63) is 253 Å². The van der Waals surface area contributed by atoms with E-state index < -0.39 is 34.5 Å². The van der Waals surface area contributed by atoms with Gasteiger partial charge in [0.25, 0.3) is 0 Å². The van der Waals surface area contributed by atoms with Gasteiger partial charge in [0.05, 0.1) is 27.6 Å². The second-order valence-corrected chi connectivity index (χ2v) is 17.6. The average Bonchev–Trinajstić information content (AvgIpc) is 3.91. The average molecular weight is 919 g/mol.